The maximum Gasteiger partial charge on any atom is 0.305 e. The lowest BCUT2D eigenvalue weighted by atomic mass is 10.2. The normalized spacial score (nSPS) is 22.9. The van der Waals surface area contributed by atoms with Gasteiger partial charge < -0.3 is 5.11 Å². The molecule has 0 aliphatic carbocycles. The first-order chi connectivity index (χ1) is 7.83. The zero-order valence-corrected chi connectivity index (χ0v) is 11.8. The fourth-order valence-corrected chi connectivity index (χ4v) is 5.16. The summed E-state index contributed by atoms with van der Waals surface area (Å²) >= 11 is 1.61. The van der Waals surface area contributed by atoms with Crippen molar-refractivity contribution >= 4 is 27.8 Å². The van der Waals surface area contributed by atoms with Gasteiger partial charge in [0.2, 0.25) is 10.0 Å². The Morgan fingerprint density at radius 1 is 1.53 bits per heavy atom. The summed E-state index contributed by atoms with van der Waals surface area (Å²) < 4.78 is 25.6. The van der Waals surface area contributed by atoms with Gasteiger partial charge in [-0.2, -0.15) is 16.1 Å². The van der Waals surface area contributed by atoms with E-state index in [1.807, 2.05) is 13.8 Å². The summed E-state index contributed by atoms with van der Waals surface area (Å²) in [7, 11) is -3.32. The van der Waals surface area contributed by atoms with E-state index in [2.05, 4.69) is 0 Å². The highest BCUT2D eigenvalue weighted by molar-refractivity contribution is 7.99. The van der Waals surface area contributed by atoms with Crippen LogP contribution in [0.3, 0.4) is 0 Å². The Bertz CT molecular complexity index is 367. The largest absolute Gasteiger partial charge is 0.481 e. The summed E-state index contributed by atoms with van der Waals surface area (Å²) in [6, 6.07) is -0.394. The van der Waals surface area contributed by atoms with Crippen LogP contribution in [0.15, 0.2) is 0 Å². The Kier molecular flexibility index (Phi) is 5.27. The minimum Gasteiger partial charge on any atom is -0.481 e. The Morgan fingerprint density at radius 3 is 2.71 bits per heavy atom. The van der Waals surface area contributed by atoms with Crippen LogP contribution >= 0.6 is 11.8 Å². The van der Waals surface area contributed by atoms with Crippen molar-refractivity contribution < 1.29 is 18.3 Å². The SMILES string of the molecule is CC(C)CS(=O)(=O)N1CCSCC1CC(=O)O. The second-order valence-corrected chi connectivity index (χ2v) is 7.73. The molecule has 0 amide bonds. The fourth-order valence-electron chi connectivity index (χ4n) is 1.89. The predicted molar refractivity (Wildman–Crippen MR) is 68.7 cm³/mol. The van der Waals surface area contributed by atoms with Crippen LogP contribution in [0.1, 0.15) is 20.3 Å². The number of nitrogens with zero attached hydrogens (tertiary/aromatic N) is 1. The zero-order valence-electron chi connectivity index (χ0n) is 10.1. The topological polar surface area (TPSA) is 74.7 Å². The van der Waals surface area contributed by atoms with Gasteiger partial charge in [0.25, 0.3) is 0 Å². The monoisotopic (exact) mass is 281 g/mol. The zero-order chi connectivity index (χ0) is 13.1. The molecule has 1 aliphatic heterocycles. The molecule has 1 atom stereocenters. The minimum absolute atomic E-state index is 0.0556. The molecular weight excluding hydrogens is 262 g/mol. The summed E-state index contributed by atoms with van der Waals surface area (Å²) in [5, 5.41) is 8.80. The third-order valence-corrected chi connectivity index (χ3v) is 5.86. The van der Waals surface area contributed by atoms with Crippen LogP contribution in [0.5, 0.6) is 0 Å². The van der Waals surface area contributed by atoms with Gasteiger partial charge >= 0.3 is 5.97 Å². The smallest absolute Gasteiger partial charge is 0.305 e. The molecule has 1 saturated heterocycles. The van der Waals surface area contributed by atoms with E-state index >= 15 is 0 Å². The van der Waals surface area contributed by atoms with E-state index in [-0.39, 0.29) is 18.1 Å². The molecular formula is C10H19NO4S2. The quantitative estimate of drug-likeness (QED) is 0.809. The number of carbonyl (C=O) groups is 1. The molecule has 0 spiro atoms. The summed E-state index contributed by atoms with van der Waals surface area (Å²) in [4.78, 5) is 10.7. The van der Waals surface area contributed by atoms with Crippen molar-refractivity contribution in [1.29, 1.82) is 0 Å². The third kappa shape index (κ3) is 4.48. The highest BCUT2D eigenvalue weighted by Crippen LogP contribution is 2.23. The first kappa shape index (κ1) is 14.8. The van der Waals surface area contributed by atoms with Gasteiger partial charge in [0.1, 0.15) is 0 Å². The average molecular weight is 281 g/mol. The molecule has 1 aliphatic rings. The maximum absolute atomic E-state index is 12.1. The number of carboxylic acids is 1. The first-order valence-electron chi connectivity index (χ1n) is 5.62. The van der Waals surface area contributed by atoms with E-state index in [1.54, 1.807) is 11.8 Å². The molecule has 100 valence electrons. The number of carboxylic acid groups (broad SMARTS) is 1. The molecule has 0 aromatic heterocycles. The van der Waals surface area contributed by atoms with E-state index in [4.69, 9.17) is 5.11 Å². The van der Waals surface area contributed by atoms with E-state index in [9.17, 15) is 13.2 Å². The number of hydrogen-bond acceptors (Lipinski definition) is 4. The van der Waals surface area contributed by atoms with Crippen LogP contribution in [0.2, 0.25) is 0 Å². The van der Waals surface area contributed by atoms with Crippen LogP contribution in [0.25, 0.3) is 0 Å². The Morgan fingerprint density at radius 2 is 2.18 bits per heavy atom. The third-order valence-electron chi connectivity index (χ3n) is 2.49. The molecule has 0 bridgehead atoms. The first-order valence-corrected chi connectivity index (χ1v) is 8.38. The number of sulfonamides is 1. The Balaban J connectivity index is 2.80. The number of rotatable bonds is 5. The molecule has 0 saturated carbocycles. The molecule has 0 aromatic rings. The van der Waals surface area contributed by atoms with E-state index in [1.165, 1.54) is 4.31 Å². The van der Waals surface area contributed by atoms with Crippen molar-refractivity contribution in [3.8, 4) is 0 Å². The number of aliphatic carboxylic acids is 1. The fraction of sp³-hybridized carbons (Fsp3) is 0.900. The second kappa shape index (κ2) is 6.06. The predicted octanol–water partition coefficient (Wildman–Crippen LogP) is 0.864. The van der Waals surface area contributed by atoms with Crippen LogP contribution in [0.4, 0.5) is 0 Å². The van der Waals surface area contributed by atoms with Crippen LogP contribution in [-0.2, 0) is 14.8 Å². The summed E-state index contributed by atoms with van der Waals surface area (Å²) in [5.74, 6) is 0.521. The van der Waals surface area contributed by atoms with E-state index in [0.29, 0.717) is 12.3 Å². The van der Waals surface area contributed by atoms with Gasteiger partial charge in [0.05, 0.1) is 12.2 Å². The Hall–Kier alpha value is -0.270. The lowest BCUT2D eigenvalue weighted by Gasteiger charge is -2.33. The van der Waals surface area contributed by atoms with Gasteiger partial charge in [0, 0.05) is 24.1 Å². The molecule has 17 heavy (non-hydrogen) atoms. The Labute approximate surface area is 107 Å². The molecule has 1 fully saturated rings. The molecule has 7 heteroatoms. The van der Waals surface area contributed by atoms with Crippen molar-refractivity contribution in [3.05, 3.63) is 0 Å². The second-order valence-electron chi connectivity index (χ2n) is 4.61. The molecule has 5 nitrogen and oxygen atoms in total. The molecule has 0 aromatic carbocycles. The van der Waals surface area contributed by atoms with Gasteiger partial charge in [-0.15, -0.1) is 0 Å². The lowest BCUT2D eigenvalue weighted by Crippen LogP contribution is -2.48. The van der Waals surface area contributed by atoms with Gasteiger partial charge in [-0.25, -0.2) is 8.42 Å². The summed E-state index contributed by atoms with van der Waals surface area (Å²) in [6.07, 6.45) is -0.107. The lowest BCUT2D eigenvalue weighted by molar-refractivity contribution is -0.137. The molecule has 1 unspecified atom stereocenters. The maximum atomic E-state index is 12.1. The van der Waals surface area contributed by atoms with Crippen molar-refractivity contribution in [1.82, 2.24) is 4.31 Å². The average Bonchev–Trinajstić information content (AvgIpc) is 2.15. The molecule has 1 heterocycles. The van der Waals surface area contributed by atoms with Crippen LogP contribution < -0.4 is 0 Å². The number of hydrogen-bond donors (Lipinski definition) is 1. The molecule has 1 rings (SSSR count). The van der Waals surface area contributed by atoms with Crippen LogP contribution in [-0.4, -0.2) is 53.6 Å². The van der Waals surface area contributed by atoms with E-state index < -0.39 is 22.0 Å². The summed E-state index contributed by atoms with van der Waals surface area (Å²) in [5.41, 5.74) is 0. The summed E-state index contributed by atoms with van der Waals surface area (Å²) in [6.45, 7) is 4.13. The highest BCUT2D eigenvalue weighted by atomic mass is 32.2. The van der Waals surface area contributed by atoms with Gasteiger partial charge in [0.15, 0.2) is 0 Å². The van der Waals surface area contributed by atoms with E-state index in [0.717, 1.165) is 5.75 Å². The molecule has 1 N–H and O–H groups in total. The number of thioether (sulfide) groups is 1. The van der Waals surface area contributed by atoms with Crippen molar-refractivity contribution in [2.75, 3.05) is 23.8 Å². The minimum atomic E-state index is -3.32. The highest BCUT2D eigenvalue weighted by Gasteiger charge is 2.33. The van der Waals surface area contributed by atoms with Crippen molar-refractivity contribution in [3.63, 3.8) is 0 Å². The van der Waals surface area contributed by atoms with Gasteiger partial charge in [-0.05, 0) is 5.92 Å². The van der Waals surface area contributed by atoms with Crippen LogP contribution in [0, 0.1) is 5.92 Å². The van der Waals surface area contributed by atoms with Crippen molar-refractivity contribution in [2.24, 2.45) is 5.92 Å². The van der Waals surface area contributed by atoms with Gasteiger partial charge in [-0.3, -0.25) is 4.79 Å². The van der Waals surface area contributed by atoms with Crippen molar-refractivity contribution in [2.45, 2.75) is 26.3 Å². The van der Waals surface area contributed by atoms with Gasteiger partial charge in [-0.1, -0.05) is 13.8 Å². The molecule has 0 radical (unpaired) electrons. The standard InChI is InChI=1S/C10H19NO4S2/c1-8(2)7-17(14,15)11-3-4-16-6-9(11)5-10(12)13/h8-9H,3-7H2,1-2H3,(H,12,13).